The number of benzene rings is 2. The van der Waals surface area contributed by atoms with Crippen molar-refractivity contribution in [2.45, 2.75) is 12.3 Å². The van der Waals surface area contributed by atoms with Gasteiger partial charge in [-0.25, -0.2) is 4.98 Å². The van der Waals surface area contributed by atoms with Crippen molar-refractivity contribution >= 4 is 27.0 Å². The van der Waals surface area contributed by atoms with Crippen LogP contribution < -0.4 is 5.73 Å². The van der Waals surface area contributed by atoms with Crippen molar-refractivity contribution < 1.29 is 0 Å². The number of fused-ring (bicyclic) bond motifs is 1. The molecule has 0 aliphatic heterocycles. The van der Waals surface area contributed by atoms with Gasteiger partial charge in [-0.2, -0.15) is 0 Å². The van der Waals surface area contributed by atoms with Gasteiger partial charge in [0.2, 0.25) is 0 Å². The summed E-state index contributed by atoms with van der Waals surface area (Å²) in [5.41, 5.74) is 9.47. The fraction of sp³-hybridized carbons (Fsp3) is 0.235. The highest BCUT2D eigenvalue weighted by molar-refractivity contribution is 9.10. The van der Waals surface area contributed by atoms with E-state index in [-0.39, 0.29) is 5.92 Å². The smallest absolute Gasteiger partial charge is 0.114 e. The third-order valence-corrected chi connectivity index (χ3v) is 4.67. The molecule has 21 heavy (non-hydrogen) atoms. The zero-order chi connectivity index (χ0) is 14.8. The first-order valence-electron chi connectivity index (χ1n) is 7.05. The number of nitrogens with two attached hydrogens (primary N) is 1. The molecule has 0 aliphatic carbocycles. The van der Waals surface area contributed by atoms with Crippen molar-refractivity contribution in [1.82, 2.24) is 9.55 Å². The molecule has 3 rings (SSSR count). The SMILES string of the molecule is Cn1c(C(CN)Cc2ccccc2Br)nc2ccccc21. The molecule has 0 amide bonds. The second kappa shape index (κ2) is 6.00. The summed E-state index contributed by atoms with van der Waals surface area (Å²) in [6, 6.07) is 16.5. The summed E-state index contributed by atoms with van der Waals surface area (Å²) in [6.07, 6.45) is 0.884. The summed E-state index contributed by atoms with van der Waals surface area (Å²) in [6.45, 7) is 0.582. The number of aromatic nitrogens is 2. The number of imidazole rings is 1. The van der Waals surface area contributed by atoms with E-state index < -0.39 is 0 Å². The van der Waals surface area contributed by atoms with Gasteiger partial charge in [-0.15, -0.1) is 0 Å². The van der Waals surface area contributed by atoms with Crippen molar-refractivity contribution in [3.63, 3.8) is 0 Å². The molecule has 108 valence electrons. The molecule has 0 saturated carbocycles. The van der Waals surface area contributed by atoms with E-state index in [2.05, 4.69) is 51.8 Å². The van der Waals surface area contributed by atoms with Crippen LogP contribution in [0.4, 0.5) is 0 Å². The number of halogens is 1. The normalized spacial score (nSPS) is 12.7. The second-order valence-corrected chi connectivity index (χ2v) is 6.10. The minimum atomic E-state index is 0.209. The third kappa shape index (κ3) is 2.74. The minimum Gasteiger partial charge on any atom is -0.331 e. The first-order valence-corrected chi connectivity index (χ1v) is 7.85. The number of hydrogen-bond donors (Lipinski definition) is 1. The van der Waals surface area contributed by atoms with Crippen LogP contribution in [0, 0.1) is 0 Å². The fourth-order valence-corrected chi connectivity index (χ4v) is 3.19. The van der Waals surface area contributed by atoms with Crippen LogP contribution in [0.2, 0.25) is 0 Å². The van der Waals surface area contributed by atoms with Crippen LogP contribution in [0.25, 0.3) is 11.0 Å². The first kappa shape index (κ1) is 14.3. The average molecular weight is 344 g/mol. The largest absolute Gasteiger partial charge is 0.331 e. The Kier molecular flexibility index (Phi) is 4.08. The lowest BCUT2D eigenvalue weighted by Gasteiger charge is -2.15. The molecule has 1 atom stereocenters. The number of aryl methyl sites for hydroxylation is 1. The molecule has 0 saturated heterocycles. The van der Waals surface area contributed by atoms with Crippen molar-refractivity contribution in [1.29, 1.82) is 0 Å². The number of hydrogen-bond acceptors (Lipinski definition) is 2. The van der Waals surface area contributed by atoms with Crippen LogP contribution in [0.5, 0.6) is 0 Å². The first-order chi connectivity index (χ1) is 10.2. The average Bonchev–Trinajstić information content (AvgIpc) is 2.84. The molecule has 2 aromatic carbocycles. The van der Waals surface area contributed by atoms with Crippen LogP contribution in [-0.2, 0) is 13.5 Å². The lowest BCUT2D eigenvalue weighted by molar-refractivity contribution is 0.621. The summed E-state index contributed by atoms with van der Waals surface area (Å²) in [5, 5.41) is 0. The predicted octanol–water partition coefficient (Wildman–Crippen LogP) is 3.62. The highest BCUT2D eigenvalue weighted by atomic mass is 79.9. The summed E-state index contributed by atoms with van der Waals surface area (Å²) < 4.78 is 3.28. The van der Waals surface area contributed by atoms with E-state index in [4.69, 9.17) is 10.7 Å². The van der Waals surface area contributed by atoms with Gasteiger partial charge in [0.25, 0.3) is 0 Å². The maximum Gasteiger partial charge on any atom is 0.114 e. The second-order valence-electron chi connectivity index (χ2n) is 5.25. The van der Waals surface area contributed by atoms with Crippen molar-refractivity contribution in [2.75, 3.05) is 6.54 Å². The molecular weight excluding hydrogens is 326 g/mol. The predicted molar refractivity (Wildman–Crippen MR) is 90.4 cm³/mol. The molecule has 0 radical (unpaired) electrons. The molecule has 4 heteroatoms. The Morgan fingerprint density at radius 1 is 1.14 bits per heavy atom. The van der Waals surface area contributed by atoms with Crippen molar-refractivity contribution in [3.8, 4) is 0 Å². The molecule has 3 aromatic rings. The molecule has 1 aromatic heterocycles. The van der Waals surface area contributed by atoms with Gasteiger partial charge in [0, 0.05) is 24.0 Å². The maximum atomic E-state index is 6.02. The number of rotatable bonds is 4. The van der Waals surface area contributed by atoms with Crippen LogP contribution in [0.15, 0.2) is 53.0 Å². The molecule has 0 fully saturated rings. The Balaban J connectivity index is 1.99. The molecule has 0 bridgehead atoms. The number of nitrogens with zero attached hydrogens (tertiary/aromatic N) is 2. The van der Waals surface area contributed by atoms with E-state index in [0.29, 0.717) is 6.54 Å². The molecule has 1 unspecified atom stereocenters. The van der Waals surface area contributed by atoms with E-state index in [9.17, 15) is 0 Å². The topological polar surface area (TPSA) is 43.8 Å². The molecular formula is C17H18BrN3. The van der Waals surface area contributed by atoms with Gasteiger partial charge in [0.15, 0.2) is 0 Å². The van der Waals surface area contributed by atoms with E-state index >= 15 is 0 Å². The molecule has 1 heterocycles. The van der Waals surface area contributed by atoms with Crippen LogP contribution in [0.1, 0.15) is 17.3 Å². The molecule has 0 spiro atoms. The Morgan fingerprint density at radius 2 is 1.86 bits per heavy atom. The third-order valence-electron chi connectivity index (χ3n) is 3.90. The van der Waals surface area contributed by atoms with E-state index in [1.807, 2.05) is 24.3 Å². The molecule has 0 aliphatic rings. The van der Waals surface area contributed by atoms with Gasteiger partial charge >= 0.3 is 0 Å². The fourth-order valence-electron chi connectivity index (χ4n) is 2.74. The van der Waals surface area contributed by atoms with Gasteiger partial charge in [-0.05, 0) is 30.2 Å². The summed E-state index contributed by atoms with van der Waals surface area (Å²) >= 11 is 3.61. The molecule has 2 N–H and O–H groups in total. The van der Waals surface area contributed by atoms with E-state index in [1.54, 1.807) is 0 Å². The summed E-state index contributed by atoms with van der Waals surface area (Å²) in [4.78, 5) is 4.78. The highest BCUT2D eigenvalue weighted by Gasteiger charge is 2.18. The Hall–Kier alpha value is -1.65. The Morgan fingerprint density at radius 3 is 2.57 bits per heavy atom. The van der Waals surface area contributed by atoms with Crippen molar-refractivity contribution in [2.24, 2.45) is 12.8 Å². The Labute approximate surface area is 132 Å². The van der Waals surface area contributed by atoms with Crippen LogP contribution in [-0.4, -0.2) is 16.1 Å². The van der Waals surface area contributed by atoms with E-state index in [1.165, 1.54) is 5.56 Å². The monoisotopic (exact) mass is 343 g/mol. The number of para-hydroxylation sites is 2. The van der Waals surface area contributed by atoms with Crippen molar-refractivity contribution in [3.05, 3.63) is 64.4 Å². The zero-order valence-corrected chi connectivity index (χ0v) is 13.5. The van der Waals surface area contributed by atoms with Crippen LogP contribution in [0.3, 0.4) is 0 Å². The van der Waals surface area contributed by atoms with Gasteiger partial charge in [-0.3, -0.25) is 0 Å². The zero-order valence-electron chi connectivity index (χ0n) is 12.0. The Bertz CT molecular complexity index is 764. The maximum absolute atomic E-state index is 6.02. The van der Waals surface area contributed by atoms with Gasteiger partial charge in [0.05, 0.1) is 11.0 Å². The van der Waals surface area contributed by atoms with Gasteiger partial charge < -0.3 is 10.3 Å². The standard InChI is InChI=1S/C17H18BrN3/c1-21-16-9-5-4-8-15(16)20-17(21)13(11-19)10-12-6-2-3-7-14(12)18/h2-9,13H,10-11,19H2,1H3. The lowest BCUT2D eigenvalue weighted by Crippen LogP contribution is -2.19. The summed E-state index contributed by atoms with van der Waals surface area (Å²) in [7, 11) is 2.06. The molecule has 3 nitrogen and oxygen atoms in total. The van der Waals surface area contributed by atoms with Gasteiger partial charge in [-0.1, -0.05) is 46.3 Å². The van der Waals surface area contributed by atoms with E-state index in [0.717, 1.165) is 27.8 Å². The quantitative estimate of drug-likeness (QED) is 0.786. The minimum absolute atomic E-state index is 0.209. The van der Waals surface area contributed by atoms with Crippen LogP contribution >= 0.6 is 15.9 Å². The summed E-state index contributed by atoms with van der Waals surface area (Å²) in [5.74, 6) is 1.26. The highest BCUT2D eigenvalue weighted by Crippen LogP contribution is 2.26. The van der Waals surface area contributed by atoms with Gasteiger partial charge in [0.1, 0.15) is 5.82 Å². The lowest BCUT2D eigenvalue weighted by atomic mass is 9.98.